The molecule has 3 nitrogen and oxygen atoms in total. The van der Waals surface area contributed by atoms with Crippen LogP contribution in [0.5, 0.6) is 0 Å². The van der Waals surface area contributed by atoms with Gasteiger partial charge in [-0.25, -0.2) is 4.99 Å². The molecule has 0 aromatic heterocycles. The van der Waals surface area contributed by atoms with Gasteiger partial charge in [-0.15, -0.1) is 0 Å². The van der Waals surface area contributed by atoms with E-state index >= 15 is 0 Å². The molecule has 4 atom stereocenters. The van der Waals surface area contributed by atoms with Crippen molar-refractivity contribution in [3.8, 4) is 0 Å². The van der Waals surface area contributed by atoms with Crippen molar-refractivity contribution in [2.45, 2.75) is 113 Å². The minimum atomic E-state index is 0.171. The molecule has 0 aliphatic carbocycles. The van der Waals surface area contributed by atoms with Gasteiger partial charge in [-0.1, -0.05) is 112 Å². The highest BCUT2D eigenvalue weighted by atomic mass is 15.3. The van der Waals surface area contributed by atoms with E-state index in [1.165, 1.54) is 43.5 Å². The number of fused-ring (bicyclic) bond motifs is 1. The highest BCUT2D eigenvalue weighted by Crippen LogP contribution is 2.56. The number of aliphatic imine (C=N–C) groups is 2. The molecule has 0 radical (unpaired) electrons. The topological polar surface area (TPSA) is 28.0 Å². The maximum absolute atomic E-state index is 5.19. The molecule has 0 bridgehead atoms. The van der Waals surface area contributed by atoms with Crippen LogP contribution in [-0.2, 0) is 0 Å². The summed E-state index contributed by atoms with van der Waals surface area (Å²) in [7, 11) is 0. The molecule has 3 aliphatic rings. The summed E-state index contributed by atoms with van der Waals surface area (Å²) in [4.78, 5) is 13.0. The maximum Gasteiger partial charge on any atom is 0.171 e. The first-order valence-corrected chi connectivity index (χ1v) is 15.2. The van der Waals surface area contributed by atoms with Gasteiger partial charge in [-0.2, -0.15) is 0 Å². The zero-order chi connectivity index (χ0) is 27.2. The SMILES string of the molecule is C=C/C(=C\CC)C1=NC(C2=C[C@](CC)(CCCC)C(C)[C@@H]3C(CCC)C(=C/C(C)C)/C(=C\CC)N23)=NC1. The molecule has 0 N–H and O–H groups in total. The second-order valence-electron chi connectivity index (χ2n) is 11.6. The van der Waals surface area contributed by atoms with Crippen molar-refractivity contribution in [2.24, 2.45) is 33.2 Å². The van der Waals surface area contributed by atoms with Gasteiger partial charge in [0.25, 0.3) is 0 Å². The van der Waals surface area contributed by atoms with Gasteiger partial charge in [0, 0.05) is 17.7 Å². The lowest BCUT2D eigenvalue weighted by Gasteiger charge is -2.50. The van der Waals surface area contributed by atoms with Crippen LogP contribution in [0.1, 0.15) is 107 Å². The molecule has 3 aliphatic heterocycles. The first-order valence-electron chi connectivity index (χ1n) is 15.2. The summed E-state index contributed by atoms with van der Waals surface area (Å²) >= 11 is 0. The predicted octanol–water partition coefficient (Wildman–Crippen LogP) is 9.46. The van der Waals surface area contributed by atoms with Gasteiger partial charge in [0.05, 0.1) is 18.0 Å². The molecule has 0 aromatic carbocycles. The predicted molar refractivity (Wildman–Crippen MR) is 163 cm³/mol. The van der Waals surface area contributed by atoms with Crippen molar-refractivity contribution in [1.82, 2.24) is 4.90 Å². The Morgan fingerprint density at radius 1 is 1.16 bits per heavy atom. The quantitative estimate of drug-likeness (QED) is 0.244. The minimum absolute atomic E-state index is 0.171. The van der Waals surface area contributed by atoms with Crippen LogP contribution in [0.2, 0.25) is 0 Å². The lowest BCUT2D eigenvalue weighted by molar-refractivity contribution is 0.0844. The molecular weight excluding hydrogens is 450 g/mol. The lowest BCUT2D eigenvalue weighted by Crippen LogP contribution is -2.50. The summed E-state index contributed by atoms with van der Waals surface area (Å²) in [6.45, 7) is 23.4. The summed E-state index contributed by atoms with van der Waals surface area (Å²) in [5, 5.41) is 0. The van der Waals surface area contributed by atoms with E-state index in [-0.39, 0.29) is 5.41 Å². The zero-order valence-corrected chi connectivity index (χ0v) is 25.1. The summed E-state index contributed by atoms with van der Waals surface area (Å²) < 4.78 is 0. The monoisotopic (exact) mass is 503 g/mol. The number of hydrogen-bond acceptors (Lipinski definition) is 3. The Labute approximate surface area is 228 Å². The maximum atomic E-state index is 5.19. The molecule has 3 heterocycles. The molecular formula is C34H53N3. The Hall–Kier alpha value is -2.16. The molecule has 3 heteroatoms. The number of allylic oxidation sites excluding steroid dienone is 6. The van der Waals surface area contributed by atoms with Gasteiger partial charge >= 0.3 is 0 Å². The van der Waals surface area contributed by atoms with E-state index in [4.69, 9.17) is 9.98 Å². The van der Waals surface area contributed by atoms with E-state index in [0.717, 1.165) is 36.4 Å². The third-order valence-corrected chi connectivity index (χ3v) is 8.76. The van der Waals surface area contributed by atoms with Gasteiger partial charge in [-0.3, -0.25) is 4.99 Å². The number of amidine groups is 1. The molecule has 0 saturated carbocycles. The molecule has 0 spiro atoms. The van der Waals surface area contributed by atoms with Gasteiger partial charge in [-0.05, 0) is 60.5 Å². The number of unbranched alkanes of at least 4 members (excludes halogenated alkanes) is 1. The Morgan fingerprint density at radius 3 is 2.49 bits per heavy atom. The molecule has 2 unspecified atom stereocenters. The molecule has 1 saturated heterocycles. The van der Waals surface area contributed by atoms with Crippen LogP contribution >= 0.6 is 0 Å². The highest BCUT2D eigenvalue weighted by molar-refractivity contribution is 6.17. The number of rotatable bonds is 12. The van der Waals surface area contributed by atoms with Crippen molar-refractivity contribution >= 4 is 11.5 Å². The summed E-state index contributed by atoms with van der Waals surface area (Å²) in [5.74, 6) is 2.56. The van der Waals surface area contributed by atoms with Crippen molar-refractivity contribution in [3.05, 3.63) is 59.5 Å². The molecule has 0 aromatic rings. The summed E-state index contributed by atoms with van der Waals surface area (Å²) in [6.07, 6.45) is 21.1. The lowest BCUT2D eigenvalue weighted by atomic mass is 9.63. The average Bonchev–Trinajstić information content (AvgIpc) is 3.47. The Bertz CT molecular complexity index is 1000. The van der Waals surface area contributed by atoms with Crippen LogP contribution in [-0.4, -0.2) is 29.0 Å². The van der Waals surface area contributed by atoms with E-state index in [2.05, 4.69) is 91.2 Å². The standard InChI is InChI=1S/C34H53N3/c1-10-16-20-34(15-6)22-31(33-35-23-29(36-33)26(14-5)17-11-2)37-30(19-13-4)28(21-24(7)8)27(18-12-3)32(37)25(34)9/h14,17,19,21-22,24-25,27,32H,5,10-13,15-16,18,20,23H2,1-4,6-9H3/b26-17+,28-21-,30-19+/t25?,27?,32-,34+/m1/s1. The van der Waals surface area contributed by atoms with Crippen molar-refractivity contribution < 1.29 is 0 Å². The number of nitrogens with zero attached hydrogens (tertiary/aromatic N) is 3. The average molecular weight is 504 g/mol. The smallest absolute Gasteiger partial charge is 0.171 e. The zero-order valence-electron chi connectivity index (χ0n) is 25.1. The van der Waals surface area contributed by atoms with Crippen molar-refractivity contribution in [1.29, 1.82) is 0 Å². The third kappa shape index (κ3) is 5.81. The fourth-order valence-corrected chi connectivity index (χ4v) is 6.90. The largest absolute Gasteiger partial charge is 0.335 e. The van der Waals surface area contributed by atoms with Gasteiger partial charge in [0.1, 0.15) is 0 Å². The van der Waals surface area contributed by atoms with Crippen LogP contribution in [0.15, 0.2) is 69.5 Å². The fourth-order valence-electron chi connectivity index (χ4n) is 6.90. The van der Waals surface area contributed by atoms with Crippen LogP contribution in [0.3, 0.4) is 0 Å². The molecule has 0 amide bonds. The van der Waals surface area contributed by atoms with E-state index in [0.29, 0.717) is 30.3 Å². The summed E-state index contributed by atoms with van der Waals surface area (Å²) in [6, 6.07) is 0.451. The first-order chi connectivity index (χ1) is 17.8. The highest BCUT2D eigenvalue weighted by Gasteiger charge is 2.53. The molecule has 37 heavy (non-hydrogen) atoms. The molecule has 204 valence electrons. The third-order valence-electron chi connectivity index (χ3n) is 8.76. The van der Waals surface area contributed by atoms with E-state index in [1.54, 1.807) is 5.57 Å². The van der Waals surface area contributed by atoms with Gasteiger partial charge in [0.15, 0.2) is 5.84 Å². The number of hydrogen-bond donors (Lipinski definition) is 0. The molecule has 3 rings (SSSR count). The summed E-state index contributed by atoms with van der Waals surface area (Å²) in [5.41, 5.74) is 6.59. The van der Waals surface area contributed by atoms with Crippen LogP contribution in [0.25, 0.3) is 0 Å². The van der Waals surface area contributed by atoms with E-state index in [1.807, 2.05) is 6.08 Å². The van der Waals surface area contributed by atoms with Crippen LogP contribution in [0, 0.1) is 23.2 Å². The van der Waals surface area contributed by atoms with Crippen molar-refractivity contribution in [2.75, 3.05) is 6.54 Å². The fraction of sp³-hybridized carbons (Fsp3) is 0.647. The van der Waals surface area contributed by atoms with Gasteiger partial charge in [0.2, 0.25) is 0 Å². The Morgan fingerprint density at radius 2 is 1.92 bits per heavy atom. The second kappa shape index (κ2) is 13.1. The normalized spacial score (nSPS) is 30.2. The van der Waals surface area contributed by atoms with Crippen LogP contribution in [0.4, 0.5) is 0 Å². The van der Waals surface area contributed by atoms with Crippen molar-refractivity contribution in [3.63, 3.8) is 0 Å². The van der Waals surface area contributed by atoms with E-state index < -0.39 is 0 Å². The Balaban J connectivity index is 2.26. The molecule has 1 fully saturated rings. The minimum Gasteiger partial charge on any atom is -0.335 e. The second-order valence-corrected chi connectivity index (χ2v) is 11.6. The van der Waals surface area contributed by atoms with Crippen LogP contribution < -0.4 is 0 Å². The van der Waals surface area contributed by atoms with Gasteiger partial charge < -0.3 is 4.90 Å². The first kappa shape index (κ1) is 29.4. The Kier molecular flexibility index (Phi) is 10.4. The van der Waals surface area contributed by atoms with E-state index in [9.17, 15) is 0 Å².